The van der Waals surface area contributed by atoms with Crippen molar-refractivity contribution in [3.63, 3.8) is 0 Å². The van der Waals surface area contributed by atoms with Crippen LogP contribution in [-0.4, -0.2) is 52.7 Å². The van der Waals surface area contributed by atoms with Gasteiger partial charge in [-0.25, -0.2) is 0 Å². The average molecular weight is 413 g/mol. The van der Waals surface area contributed by atoms with Gasteiger partial charge >= 0.3 is 0 Å². The molecule has 29 heavy (non-hydrogen) atoms. The molecule has 1 fully saturated rings. The molecule has 7 nitrogen and oxygen atoms in total. The van der Waals surface area contributed by atoms with E-state index in [0.717, 1.165) is 66.8 Å². The molecule has 1 saturated heterocycles. The lowest BCUT2D eigenvalue weighted by Crippen LogP contribution is -3.12. The Balaban J connectivity index is 1.35. The van der Waals surface area contributed by atoms with Gasteiger partial charge in [-0.15, -0.1) is 10.2 Å². The molecule has 2 aromatic carbocycles. The van der Waals surface area contributed by atoms with Gasteiger partial charge in [0, 0.05) is 12.2 Å². The molecule has 8 heteroatoms. The first kappa shape index (κ1) is 19.9. The number of amides is 1. The fourth-order valence-corrected chi connectivity index (χ4v) is 4.35. The van der Waals surface area contributed by atoms with Crippen molar-refractivity contribution in [1.29, 1.82) is 0 Å². The summed E-state index contributed by atoms with van der Waals surface area (Å²) in [4.78, 5) is 13.9. The monoisotopic (exact) mass is 412 g/mol. The molecule has 4 rings (SSSR count). The zero-order valence-electron chi connectivity index (χ0n) is 16.6. The van der Waals surface area contributed by atoms with Crippen LogP contribution in [0.25, 0.3) is 10.8 Å². The van der Waals surface area contributed by atoms with Gasteiger partial charge in [-0.3, -0.25) is 4.79 Å². The van der Waals surface area contributed by atoms with Crippen molar-refractivity contribution in [3.8, 4) is 0 Å². The second-order valence-corrected chi connectivity index (χ2v) is 8.02. The Morgan fingerprint density at radius 3 is 2.76 bits per heavy atom. The van der Waals surface area contributed by atoms with Gasteiger partial charge in [0.15, 0.2) is 11.0 Å². The number of quaternary nitrogens is 1. The van der Waals surface area contributed by atoms with Crippen LogP contribution in [0.4, 0.5) is 5.69 Å². The molecule has 2 heterocycles. The Kier molecular flexibility index (Phi) is 6.43. The Morgan fingerprint density at radius 1 is 1.17 bits per heavy atom. The number of anilines is 1. The van der Waals surface area contributed by atoms with Crippen LogP contribution in [0.2, 0.25) is 0 Å². The van der Waals surface area contributed by atoms with Crippen LogP contribution in [0.15, 0.2) is 47.6 Å². The third-order valence-electron chi connectivity index (χ3n) is 5.08. The molecule has 152 valence electrons. The van der Waals surface area contributed by atoms with E-state index in [0.29, 0.717) is 5.75 Å². The van der Waals surface area contributed by atoms with Gasteiger partial charge in [-0.05, 0) is 29.8 Å². The largest absolute Gasteiger partial charge is 0.370 e. The summed E-state index contributed by atoms with van der Waals surface area (Å²) in [7, 11) is 0. The van der Waals surface area contributed by atoms with E-state index in [4.69, 9.17) is 4.74 Å². The van der Waals surface area contributed by atoms with Gasteiger partial charge in [0.2, 0.25) is 5.91 Å². The van der Waals surface area contributed by atoms with Gasteiger partial charge in [0.05, 0.1) is 19.0 Å². The molecular weight excluding hydrogens is 386 g/mol. The third kappa shape index (κ3) is 4.95. The Labute approximate surface area is 174 Å². The molecule has 0 unspecified atom stereocenters. The first-order valence-electron chi connectivity index (χ1n) is 9.98. The second-order valence-electron chi connectivity index (χ2n) is 7.08. The first-order chi connectivity index (χ1) is 14.2. The van der Waals surface area contributed by atoms with E-state index in [1.165, 1.54) is 16.7 Å². The Hall–Kier alpha value is -2.42. The lowest BCUT2D eigenvalue weighted by molar-refractivity contribution is -0.922. The van der Waals surface area contributed by atoms with Gasteiger partial charge in [0.25, 0.3) is 0 Å². The highest BCUT2D eigenvalue weighted by Gasteiger charge is 2.20. The van der Waals surface area contributed by atoms with Crippen LogP contribution in [0, 0.1) is 0 Å². The minimum Gasteiger partial charge on any atom is -0.370 e. The van der Waals surface area contributed by atoms with Gasteiger partial charge in [-0.1, -0.05) is 42.1 Å². The summed E-state index contributed by atoms with van der Waals surface area (Å²) in [6, 6.07) is 14.1. The fraction of sp³-hybridized carbons (Fsp3) is 0.381. The van der Waals surface area contributed by atoms with Crippen LogP contribution in [-0.2, 0) is 22.6 Å². The highest BCUT2D eigenvalue weighted by molar-refractivity contribution is 7.99. The maximum atomic E-state index is 12.4. The SMILES string of the molecule is CCn1c(C[NH+]2CCOCC2)nnc1SCC(=O)Nc1ccc2ccccc2c1. The Morgan fingerprint density at radius 2 is 1.97 bits per heavy atom. The maximum Gasteiger partial charge on any atom is 0.234 e. The number of hydrogen-bond donors (Lipinski definition) is 2. The number of rotatable bonds is 7. The van der Waals surface area contributed by atoms with E-state index in [1.54, 1.807) is 0 Å². The second kappa shape index (κ2) is 9.39. The van der Waals surface area contributed by atoms with Crippen LogP contribution < -0.4 is 10.2 Å². The maximum absolute atomic E-state index is 12.4. The quantitative estimate of drug-likeness (QED) is 0.577. The van der Waals surface area contributed by atoms with Crippen LogP contribution in [0.5, 0.6) is 0 Å². The van der Waals surface area contributed by atoms with Gasteiger partial charge < -0.3 is 19.5 Å². The highest BCUT2D eigenvalue weighted by atomic mass is 32.2. The van der Waals surface area contributed by atoms with Crippen molar-refractivity contribution in [1.82, 2.24) is 14.8 Å². The summed E-state index contributed by atoms with van der Waals surface area (Å²) in [5.74, 6) is 1.23. The number of thioether (sulfide) groups is 1. The summed E-state index contributed by atoms with van der Waals surface area (Å²) >= 11 is 1.43. The topological polar surface area (TPSA) is 73.5 Å². The van der Waals surface area contributed by atoms with Crippen molar-refractivity contribution >= 4 is 34.1 Å². The van der Waals surface area contributed by atoms with E-state index in [1.807, 2.05) is 36.4 Å². The Bertz CT molecular complexity index is 984. The zero-order chi connectivity index (χ0) is 20.1. The number of nitrogens with one attached hydrogen (secondary N) is 2. The van der Waals surface area contributed by atoms with Crippen LogP contribution in [0.3, 0.4) is 0 Å². The number of carbonyl (C=O) groups excluding carboxylic acids is 1. The molecule has 0 spiro atoms. The predicted molar refractivity (Wildman–Crippen MR) is 114 cm³/mol. The molecule has 0 saturated carbocycles. The lowest BCUT2D eigenvalue weighted by Gasteiger charge is -2.23. The summed E-state index contributed by atoms with van der Waals surface area (Å²) in [6.07, 6.45) is 0. The lowest BCUT2D eigenvalue weighted by atomic mass is 10.1. The molecule has 0 atom stereocenters. The summed E-state index contributed by atoms with van der Waals surface area (Å²) < 4.78 is 7.53. The number of ether oxygens (including phenoxy) is 1. The molecule has 1 aliphatic heterocycles. The summed E-state index contributed by atoms with van der Waals surface area (Å²) in [5.41, 5.74) is 0.808. The minimum atomic E-state index is -0.0451. The fourth-order valence-electron chi connectivity index (χ4n) is 3.53. The molecule has 1 amide bonds. The van der Waals surface area contributed by atoms with Crippen molar-refractivity contribution < 1.29 is 14.4 Å². The molecule has 1 aliphatic rings. The smallest absolute Gasteiger partial charge is 0.234 e. The predicted octanol–water partition coefficient (Wildman–Crippen LogP) is 1.60. The normalized spacial score (nSPS) is 14.9. The molecule has 0 aliphatic carbocycles. The number of fused-ring (bicyclic) bond motifs is 1. The number of hydrogen-bond acceptors (Lipinski definition) is 5. The molecule has 3 aromatic rings. The molecule has 0 radical (unpaired) electrons. The van der Waals surface area contributed by atoms with E-state index < -0.39 is 0 Å². The van der Waals surface area contributed by atoms with Crippen molar-refractivity contribution in [2.45, 2.75) is 25.2 Å². The number of nitrogens with zero attached hydrogens (tertiary/aromatic N) is 3. The van der Waals surface area contributed by atoms with Gasteiger partial charge in [0.1, 0.15) is 19.6 Å². The van der Waals surface area contributed by atoms with E-state index in [2.05, 4.69) is 33.1 Å². The van der Waals surface area contributed by atoms with Crippen molar-refractivity contribution in [3.05, 3.63) is 48.3 Å². The zero-order valence-corrected chi connectivity index (χ0v) is 17.4. The number of morpholine rings is 1. The number of benzene rings is 2. The van der Waals surface area contributed by atoms with Crippen LogP contribution >= 0.6 is 11.8 Å². The molecule has 2 N–H and O–H groups in total. The molecular formula is C21H26N5O2S+. The van der Waals surface area contributed by atoms with E-state index in [9.17, 15) is 4.79 Å². The van der Waals surface area contributed by atoms with Crippen molar-refractivity contribution in [2.75, 3.05) is 37.4 Å². The van der Waals surface area contributed by atoms with E-state index >= 15 is 0 Å². The van der Waals surface area contributed by atoms with Gasteiger partial charge in [-0.2, -0.15) is 0 Å². The summed E-state index contributed by atoms with van der Waals surface area (Å²) in [6.45, 7) is 7.30. The number of carbonyl (C=O) groups is 1. The first-order valence-corrected chi connectivity index (χ1v) is 11.0. The molecule has 0 bridgehead atoms. The highest BCUT2D eigenvalue weighted by Crippen LogP contribution is 2.20. The summed E-state index contributed by atoms with van der Waals surface area (Å²) in [5, 5.41) is 14.7. The number of aromatic nitrogens is 3. The van der Waals surface area contributed by atoms with Crippen LogP contribution in [0.1, 0.15) is 12.7 Å². The standard InChI is InChI=1S/C21H25N5O2S/c1-2-26-19(14-25-9-11-28-12-10-25)23-24-21(26)29-15-20(27)22-18-8-7-16-5-3-4-6-17(16)13-18/h3-8,13H,2,9-12,14-15H2,1H3,(H,22,27)/p+1. The average Bonchev–Trinajstić information content (AvgIpc) is 3.14. The molecule has 1 aromatic heterocycles. The third-order valence-corrected chi connectivity index (χ3v) is 6.05. The van der Waals surface area contributed by atoms with Crippen molar-refractivity contribution in [2.24, 2.45) is 0 Å². The van der Waals surface area contributed by atoms with E-state index in [-0.39, 0.29) is 5.91 Å². The minimum absolute atomic E-state index is 0.0451.